The lowest BCUT2D eigenvalue weighted by molar-refractivity contribution is -0.142. The van der Waals surface area contributed by atoms with Gasteiger partial charge in [0.2, 0.25) is 17.7 Å². The minimum absolute atomic E-state index is 0.0315. The fraction of sp³-hybridized carbons (Fsp3) is 0.812. The molecular weight excluding hydrogens is 554 g/mol. The normalized spacial score (nSPS) is 11.5. The molecule has 248 valence electrons. The van der Waals surface area contributed by atoms with E-state index in [0.29, 0.717) is 38.8 Å². The average molecular weight is 612 g/mol. The number of carbonyl (C=O) groups is 6. The molecule has 0 bridgehead atoms. The maximum absolute atomic E-state index is 12.1. The van der Waals surface area contributed by atoms with Gasteiger partial charge in [0.15, 0.2) is 0 Å². The summed E-state index contributed by atoms with van der Waals surface area (Å²) < 4.78 is 0. The number of Topliss-reactive ketones (excluding diaryl/α,β-unsaturated/α-hetero) is 1. The third-order valence-corrected chi connectivity index (χ3v) is 7.27. The Hall–Kier alpha value is -2.98. The van der Waals surface area contributed by atoms with E-state index in [4.69, 9.17) is 5.11 Å². The Kier molecular flexibility index (Phi) is 25.9. The summed E-state index contributed by atoms with van der Waals surface area (Å²) in [6.45, 7) is 2.17. The minimum atomic E-state index is -1.21. The van der Waals surface area contributed by atoms with E-state index in [1.807, 2.05) is 0 Å². The van der Waals surface area contributed by atoms with Crippen LogP contribution < -0.4 is 16.0 Å². The molecule has 0 aliphatic heterocycles. The van der Waals surface area contributed by atoms with E-state index in [1.54, 1.807) is 0 Å². The molecule has 0 rings (SSSR count). The van der Waals surface area contributed by atoms with Gasteiger partial charge in [0, 0.05) is 45.2 Å². The lowest BCUT2D eigenvalue weighted by atomic mass is 10.0. The number of carboxylic acids is 2. The highest BCUT2D eigenvalue weighted by molar-refractivity contribution is 5.84. The summed E-state index contributed by atoms with van der Waals surface area (Å²) in [6.07, 6.45) is 17.8. The number of carbonyl (C=O) groups excluding carboxylic acids is 4. The van der Waals surface area contributed by atoms with Crippen LogP contribution in [0.4, 0.5) is 0 Å². The Bertz CT molecular complexity index is 818. The third-order valence-electron chi connectivity index (χ3n) is 7.27. The Morgan fingerprint density at radius 1 is 0.488 bits per heavy atom. The molecule has 3 amide bonds. The van der Waals surface area contributed by atoms with Crippen molar-refractivity contribution in [2.24, 2.45) is 0 Å². The molecule has 0 aliphatic carbocycles. The van der Waals surface area contributed by atoms with Crippen molar-refractivity contribution in [3.05, 3.63) is 0 Å². The number of hydrogen-bond donors (Lipinski definition) is 5. The zero-order valence-electron chi connectivity index (χ0n) is 26.4. The number of carboxylic acid groups (broad SMARTS) is 2. The Morgan fingerprint density at radius 2 is 0.884 bits per heavy atom. The van der Waals surface area contributed by atoms with Crippen LogP contribution in [0.5, 0.6) is 0 Å². The van der Waals surface area contributed by atoms with Gasteiger partial charge >= 0.3 is 11.9 Å². The molecule has 1 unspecified atom stereocenters. The number of aliphatic carboxylic acids is 2. The van der Waals surface area contributed by atoms with Crippen molar-refractivity contribution < 1.29 is 39.0 Å². The van der Waals surface area contributed by atoms with E-state index in [0.717, 1.165) is 38.5 Å². The topological polar surface area (TPSA) is 179 Å². The predicted molar refractivity (Wildman–Crippen MR) is 165 cm³/mol. The van der Waals surface area contributed by atoms with Crippen molar-refractivity contribution in [3.63, 3.8) is 0 Å². The predicted octanol–water partition coefficient (Wildman–Crippen LogP) is 5.04. The van der Waals surface area contributed by atoms with Crippen LogP contribution in [0.2, 0.25) is 0 Å². The van der Waals surface area contributed by atoms with E-state index in [2.05, 4.69) is 16.0 Å². The fourth-order valence-electron chi connectivity index (χ4n) is 4.70. The monoisotopic (exact) mass is 611 g/mol. The molecular formula is C32H57N3O8. The van der Waals surface area contributed by atoms with E-state index >= 15 is 0 Å². The number of unbranched alkanes of at least 4 members (excludes halogenated alkanes) is 13. The van der Waals surface area contributed by atoms with Gasteiger partial charge < -0.3 is 31.0 Å². The molecule has 0 fully saturated rings. The summed E-state index contributed by atoms with van der Waals surface area (Å²) in [7, 11) is 0. The first-order valence-electron chi connectivity index (χ1n) is 16.4. The fourth-order valence-corrected chi connectivity index (χ4v) is 4.70. The third kappa shape index (κ3) is 28.9. The van der Waals surface area contributed by atoms with Gasteiger partial charge in [-0.15, -0.1) is 0 Å². The van der Waals surface area contributed by atoms with Gasteiger partial charge in [-0.1, -0.05) is 77.0 Å². The van der Waals surface area contributed by atoms with Gasteiger partial charge in [0.05, 0.1) is 0 Å². The zero-order chi connectivity index (χ0) is 32.1. The number of hydrogen-bond acceptors (Lipinski definition) is 6. The van der Waals surface area contributed by atoms with Crippen molar-refractivity contribution >= 4 is 35.4 Å². The van der Waals surface area contributed by atoms with Crippen LogP contribution >= 0.6 is 0 Å². The van der Waals surface area contributed by atoms with Crippen LogP contribution in [0.15, 0.2) is 0 Å². The zero-order valence-corrected chi connectivity index (χ0v) is 26.4. The number of rotatable bonds is 30. The molecule has 0 aliphatic rings. The van der Waals surface area contributed by atoms with E-state index in [1.165, 1.54) is 58.3 Å². The standard InChI is InChI=1S/C32H57N3O8/c1-26(36)18-16-24-34-29(38)23-22-27(32(42)43)35-30(39)20-17-25-33-28(37)19-14-12-10-8-6-4-2-3-5-7-9-11-13-15-21-31(40)41/h27H,2-25H2,1H3,(H,33,37)(H,34,38)(H,35,39)(H,40,41)(H,42,43). The first-order valence-corrected chi connectivity index (χ1v) is 16.4. The molecule has 11 nitrogen and oxygen atoms in total. The highest BCUT2D eigenvalue weighted by Crippen LogP contribution is 2.14. The Morgan fingerprint density at radius 3 is 1.33 bits per heavy atom. The van der Waals surface area contributed by atoms with Crippen LogP contribution in [0, 0.1) is 0 Å². The molecule has 0 aromatic rings. The van der Waals surface area contributed by atoms with Gasteiger partial charge in [-0.05, 0) is 39.0 Å². The highest BCUT2D eigenvalue weighted by Gasteiger charge is 2.20. The molecule has 0 aromatic carbocycles. The maximum atomic E-state index is 12.1. The van der Waals surface area contributed by atoms with Gasteiger partial charge in [0.1, 0.15) is 11.8 Å². The smallest absolute Gasteiger partial charge is 0.326 e. The molecule has 0 radical (unpaired) electrons. The number of nitrogens with one attached hydrogen (secondary N) is 3. The molecule has 5 N–H and O–H groups in total. The van der Waals surface area contributed by atoms with Crippen molar-refractivity contribution in [2.75, 3.05) is 13.1 Å². The van der Waals surface area contributed by atoms with Crippen molar-refractivity contribution in [1.29, 1.82) is 0 Å². The number of amides is 3. The van der Waals surface area contributed by atoms with Crippen LogP contribution in [0.25, 0.3) is 0 Å². The first-order chi connectivity index (χ1) is 20.6. The van der Waals surface area contributed by atoms with Crippen LogP contribution in [-0.4, -0.2) is 64.8 Å². The largest absolute Gasteiger partial charge is 0.481 e. The maximum Gasteiger partial charge on any atom is 0.326 e. The summed E-state index contributed by atoms with van der Waals surface area (Å²) in [5.74, 6) is -2.67. The van der Waals surface area contributed by atoms with Gasteiger partial charge in [-0.2, -0.15) is 0 Å². The van der Waals surface area contributed by atoms with Crippen molar-refractivity contribution in [2.45, 2.75) is 154 Å². The summed E-state index contributed by atoms with van der Waals surface area (Å²) in [5.41, 5.74) is 0. The molecule has 0 aromatic heterocycles. The van der Waals surface area contributed by atoms with Gasteiger partial charge in [-0.25, -0.2) is 4.79 Å². The SMILES string of the molecule is CC(=O)CCCNC(=O)CCC(NC(=O)CCCNC(=O)CCCCCCCCCCCCCCCCC(=O)O)C(=O)O. The molecule has 43 heavy (non-hydrogen) atoms. The van der Waals surface area contributed by atoms with E-state index < -0.39 is 23.9 Å². The lowest BCUT2D eigenvalue weighted by Gasteiger charge is -2.14. The van der Waals surface area contributed by atoms with E-state index in [9.17, 15) is 33.9 Å². The Labute approximate surface area is 257 Å². The lowest BCUT2D eigenvalue weighted by Crippen LogP contribution is -2.41. The van der Waals surface area contributed by atoms with Crippen molar-refractivity contribution in [1.82, 2.24) is 16.0 Å². The molecule has 0 spiro atoms. The summed E-state index contributed by atoms with van der Waals surface area (Å²) in [6, 6.07) is -1.16. The van der Waals surface area contributed by atoms with Gasteiger partial charge in [0.25, 0.3) is 0 Å². The summed E-state index contributed by atoms with van der Waals surface area (Å²) >= 11 is 0. The molecule has 0 heterocycles. The number of ketones is 1. The van der Waals surface area contributed by atoms with Crippen LogP contribution in [0.1, 0.15) is 148 Å². The second-order valence-corrected chi connectivity index (χ2v) is 11.4. The summed E-state index contributed by atoms with van der Waals surface area (Å²) in [5, 5.41) is 25.8. The summed E-state index contributed by atoms with van der Waals surface area (Å²) in [4.78, 5) is 68.8. The van der Waals surface area contributed by atoms with Gasteiger partial charge in [-0.3, -0.25) is 19.2 Å². The first kappa shape index (κ1) is 40.0. The second-order valence-electron chi connectivity index (χ2n) is 11.4. The van der Waals surface area contributed by atoms with Crippen molar-refractivity contribution in [3.8, 4) is 0 Å². The highest BCUT2D eigenvalue weighted by atomic mass is 16.4. The second kappa shape index (κ2) is 27.8. The molecule has 11 heteroatoms. The molecule has 0 saturated heterocycles. The average Bonchev–Trinajstić information content (AvgIpc) is 2.95. The van der Waals surface area contributed by atoms with E-state index in [-0.39, 0.29) is 43.3 Å². The quantitative estimate of drug-likeness (QED) is 0.0701. The van der Waals surface area contributed by atoms with Crippen LogP contribution in [0.3, 0.4) is 0 Å². The Balaban J connectivity index is 3.65. The molecule has 1 atom stereocenters. The minimum Gasteiger partial charge on any atom is -0.481 e. The van der Waals surface area contributed by atoms with Crippen LogP contribution in [-0.2, 0) is 28.8 Å². The molecule has 0 saturated carbocycles.